The largest absolute Gasteiger partial charge is 0.488 e. The fourth-order valence-corrected chi connectivity index (χ4v) is 6.20. The fourth-order valence-electron chi connectivity index (χ4n) is 4.74. The minimum Gasteiger partial charge on any atom is -0.488 e. The van der Waals surface area contributed by atoms with E-state index in [1.165, 1.54) is 4.31 Å². The second-order valence-corrected chi connectivity index (χ2v) is 10.5. The summed E-state index contributed by atoms with van der Waals surface area (Å²) in [5.74, 6) is 0.827. The van der Waals surface area contributed by atoms with Crippen molar-refractivity contribution in [2.45, 2.75) is 25.0 Å². The molecule has 4 aromatic rings. The van der Waals surface area contributed by atoms with Crippen LogP contribution in [0, 0.1) is 6.92 Å². The van der Waals surface area contributed by atoms with E-state index < -0.39 is 10.0 Å². The van der Waals surface area contributed by atoms with Crippen LogP contribution in [-0.2, 0) is 27.9 Å². The van der Waals surface area contributed by atoms with Gasteiger partial charge < -0.3 is 4.74 Å². The maximum absolute atomic E-state index is 13.7. The molecule has 0 radical (unpaired) electrons. The van der Waals surface area contributed by atoms with Gasteiger partial charge in [-0.25, -0.2) is 8.42 Å². The molecule has 0 aliphatic carbocycles. The minimum atomic E-state index is -3.72. The number of benzene rings is 4. The van der Waals surface area contributed by atoms with Crippen LogP contribution in [0.15, 0.2) is 95.9 Å². The topological polar surface area (TPSA) is 46.6 Å². The number of sulfonamides is 1. The van der Waals surface area contributed by atoms with Crippen LogP contribution in [0.1, 0.15) is 27.8 Å². The maximum atomic E-state index is 13.7. The Balaban J connectivity index is 1.52. The van der Waals surface area contributed by atoms with Crippen LogP contribution in [0.2, 0.25) is 0 Å². The van der Waals surface area contributed by atoms with Gasteiger partial charge in [0.2, 0.25) is 0 Å². The molecule has 0 amide bonds. The van der Waals surface area contributed by atoms with E-state index in [0.29, 0.717) is 17.2 Å². The molecule has 2 aliphatic heterocycles. The van der Waals surface area contributed by atoms with Crippen molar-refractivity contribution in [1.82, 2.24) is 0 Å². The Morgan fingerprint density at radius 3 is 2.29 bits per heavy atom. The van der Waals surface area contributed by atoms with Gasteiger partial charge >= 0.3 is 0 Å². The molecular formula is C29H23NO3S. The molecule has 0 N–H and O–H groups in total. The monoisotopic (exact) mass is 465 g/mol. The predicted octanol–water partition coefficient (Wildman–Crippen LogP) is 6.40. The van der Waals surface area contributed by atoms with E-state index in [-0.39, 0.29) is 6.54 Å². The number of rotatable bonds is 3. The lowest BCUT2D eigenvalue weighted by molar-refractivity contribution is 0.262. The van der Waals surface area contributed by atoms with Gasteiger partial charge in [0, 0.05) is 11.1 Å². The quantitative estimate of drug-likeness (QED) is 0.352. The van der Waals surface area contributed by atoms with Gasteiger partial charge in [-0.3, -0.25) is 4.31 Å². The highest BCUT2D eigenvalue weighted by atomic mass is 32.2. The fraction of sp³-hybridized carbons (Fsp3) is 0.103. The van der Waals surface area contributed by atoms with Crippen molar-refractivity contribution in [1.29, 1.82) is 0 Å². The Morgan fingerprint density at radius 1 is 0.794 bits per heavy atom. The summed E-state index contributed by atoms with van der Waals surface area (Å²) < 4.78 is 35.0. The van der Waals surface area contributed by atoms with Gasteiger partial charge in [-0.1, -0.05) is 78.4 Å². The van der Waals surface area contributed by atoms with Crippen LogP contribution in [0.5, 0.6) is 0 Å². The molecule has 0 spiro atoms. The molecule has 0 saturated heterocycles. The van der Waals surface area contributed by atoms with Crippen molar-refractivity contribution in [3.63, 3.8) is 0 Å². The first-order valence-corrected chi connectivity index (χ1v) is 12.7. The third-order valence-corrected chi connectivity index (χ3v) is 8.28. The lowest BCUT2D eigenvalue weighted by atomic mass is 9.86. The number of nitrogens with zero attached hydrogens (tertiary/aromatic N) is 1. The number of anilines is 1. The normalized spacial score (nSPS) is 14.4. The molecule has 0 fully saturated rings. The standard InChI is InChI=1S/C29H23NO3S/c1-20-11-15-24(16-12-20)34(31,32)30-18-22-13-14-23-19-33-28(21-7-3-2-4-8-21)17-26(23)29(22)25-9-5-6-10-27(25)30/h2-17H,18-19H2,1H3. The van der Waals surface area contributed by atoms with E-state index in [0.717, 1.165) is 44.7 Å². The molecule has 5 heteroatoms. The summed E-state index contributed by atoms with van der Waals surface area (Å²) in [4.78, 5) is 0.300. The second-order valence-electron chi connectivity index (χ2n) is 8.68. The summed E-state index contributed by atoms with van der Waals surface area (Å²) in [5, 5.41) is 0. The van der Waals surface area contributed by atoms with Crippen molar-refractivity contribution in [2.75, 3.05) is 4.31 Å². The number of ether oxygens (including phenoxy) is 1. The summed E-state index contributed by atoms with van der Waals surface area (Å²) in [7, 11) is -3.72. The van der Waals surface area contributed by atoms with Crippen LogP contribution in [0.4, 0.5) is 5.69 Å². The molecule has 0 saturated carbocycles. The molecular weight excluding hydrogens is 442 g/mol. The molecule has 168 valence electrons. The molecule has 0 unspecified atom stereocenters. The highest BCUT2D eigenvalue weighted by molar-refractivity contribution is 7.92. The summed E-state index contributed by atoms with van der Waals surface area (Å²) in [6, 6.07) is 28.9. The van der Waals surface area contributed by atoms with E-state index >= 15 is 0 Å². The molecule has 0 aromatic heterocycles. The van der Waals surface area contributed by atoms with Crippen LogP contribution < -0.4 is 4.31 Å². The molecule has 0 bridgehead atoms. The first-order valence-electron chi connectivity index (χ1n) is 11.3. The van der Waals surface area contributed by atoms with E-state index in [1.54, 1.807) is 12.1 Å². The Hall–Kier alpha value is -3.83. The van der Waals surface area contributed by atoms with Crippen LogP contribution in [-0.4, -0.2) is 8.42 Å². The molecule has 0 atom stereocenters. The third-order valence-electron chi connectivity index (χ3n) is 6.50. The Labute approximate surface area is 199 Å². The molecule has 2 heterocycles. The summed E-state index contributed by atoms with van der Waals surface area (Å²) >= 11 is 0. The Kier molecular flexibility index (Phi) is 4.82. The number of fused-ring (bicyclic) bond motifs is 5. The van der Waals surface area contributed by atoms with Gasteiger partial charge in [-0.2, -0.15) is 0 Å². The van der Waals surface area contributed by atoms with Gasteiger partial charge in [-0.05, 0) is 53.5 Å². The lowest BCUT2D eigenvalue weighted by Gasteiger charge is -2.34. The number of para-hydroxylation sites is 1. The maximum Gasteiger partial charge on any atom is 0.264 e. The van der Waals surface area contributed by atoms with E-state index in [2.05, 4.69) is 12.1 Å². The number of aryl methyl sites for hydroxylation is 1. The Bertz CT molecular complexity index is 1540. The summed E-state index contributed by atoms with van der Waals surface area (Å²) in [5.41, 5.74) is 7.94. The SMILES string of the molecule is Cc1ccc(S(=O)(=O)N2Cc3ccc4c(c3-c3ccccc32)C=C(c2ccccc2)OC4)cc1. The second kappa shape index (κ2) is 7.89. The zero-order valence-corrected chi connectivity index (χ0v) is 19.5. The van der Waals surface area contributed by atoms with Crippen LogP contribution in [0.25, 0.3) is 23.0 Å². The average Bonchev–Trinajstić information content (AvgIpc) is 2.88. The van der Waals surface area contributed by atoms with Gasteiger partial charge in [-0.15, -0.1) is 0 Å². The molecule has 4 nitrogen and oxygen atoms in total. The van der Waals surface area contributed by atoms with Gasteiger partial charge in [0.15, 0.2) is 0 Å². The average molecular weight is 466 g/mol. The minimum absolute atomic E-state index is 0.283. The van der Waals surface area contributed by atoms with Crippen molar-refractivity contribution in [3.05, 3.63) is 119 Å². The summed E-state index contributed by atoms with van der Waals surface area (Å²) in [6.45, 7) is 2.72. The smallest absolute Gasteiger partial charge is 0.264 e. The van der Waals surface area contributed by atoms with E-state index in [4.69, 9.17) is 4.74 Å². The van der Waals surface area contributed by atoms with E-state index in [9.17, 15) is 8.42 Å². The Morgan fingerprint density at radius 2 is 1.50 bits per heavy atom. The first-order chi connectivity index (χ1) is 16.5. The molecule has 6 rings (SSSR count). The molecule has 2 aliphatic rings. The van der Waals surface area contributed by atoms with E-state index in [1.807, 2.05) is 79.7 Å². The van der Waals surface area contributed by atoms with Crippen molar-refractivity contribution >= 4 is 27.5 Å². The van der Waals surface area contributed by atoms with Crippen molar-refractivity contribution in [3.8, 4) is 11.1 Å². The van der Waals surface area contributed by atoms with Gasteiger partial charge in [0.05, 0.1) is 17.1 Å². The highest BCUT2D eigenvalue weighted by Gasteiger charge is 2.33. The first kappa shape index (κ1) is 20.8. The van der Waals surface area contributed by atoms with Gasteiger partial charge in [0.25, 0.3) is 10.0 Å². The van der Waals surface area contributed by atoms with Gasteiger partial charge in [0.1, 0.15) is 12.4 Å². The van der Waals surface area contributed by atoms with Crippen LogP contribution in [0.3, 0.4) is 0 Å². The predicted molar refractivity (Wildman–Crippen MR) is 136 cm³/mol. The zero-order chi connectivity index (χ0) is 23.3. The van der Waals surface area contributed by atoms with Crippen molar-refractivity contribution < 1.29 is 13.2 Å². The molecule has 4 aromatic carbocycles. The molecule has 34 heavy (non-hydrogen) atoms. The number of hydrogen-bond donors (Lipinski definition) is 0. The van der Waals surface area contributed by atoms with Crippen LogP contribution >= 0.6 is 0 Å². The number of hydrogen-bond acceptors (Lipinski definition) is 3. The van der Waals surface area contributed by atoms with Crippen molar-refractivity contribution in [2.24, 2.45) is 0 Å². The zero-order valence-electron chi connectivity index (χ0n) is 18.7. The lowest BCUT2D eigenvalue weighted by Crippen LogP contribution is -2.33. The summed E-state index contributed by atoms with van der Waals surface area (Å²) in [6.07, 6.45) is 2.09. The third kappa shape index (κ3) is 3.32. The highest BCUT2D eigenvalue weighted by Crippen LogP contribution is 2.46.